The lowest BCUT2D eigenvalue weighted by Crippen LogP contribution is -2.35. The number of hydrogen-bond donors (Lipinski definition) is 1. The molecule has 1 rings (SSSR count). The second-order valence-corrected chi connectivity index (χ2v) is 4.72. The smallest absolute Gasteiger partial charge is 0.166 e. The molecule has 1 aromatic rings. The Morgan fingerprint density at radius 1 is 1.50 bits per heavy atom. The van der Waals surface area contributed by atoms with E-state index in [2.05, 4.69) is 4.72 Å². The average Bonchev–Trinajstić information content (AvgIpc) is 2.27. The van der Waals surface area contributed by atoms with Gasteiger partial charge in [-0.2, -0.15) is 0 Å². The largest absolute Gasteiger partial charge is 0.494 e. The maximum atomic E-state index is 13.3. The number of aldehydes is 1. The quantitative estimate of drug-likeness (QED) is 0.636. The first-order valence-electron chi connectivity index (χ1n) is 4.72. The highest BCUT2D eigenvalue weighted by molar-refractivity contribution is 7.97. The van der Waals surface area contributed by atoms with Crippen LogP contribution in [0.3, 0.4) is 0 Å². The van der Waals surface area contributed by atoms with Crippen LogP contribution in [0.4, 0.5) is 4.39 Å². The summed E-state index contributed by atoms with van der Waals surface area (Å²) in [5.74, 6) is -0.211. The van der Waals surface area contributed by atoms with Gasteiger partial charge in [-0.05, 0) is 44.0 Å². The summed E-state index contributed by atoms with van der Waals surface area (Å²) in [7, 11) is 1.42. The van der Waals surface area contributed by atoms with Gasteiger partial charge in [-0.25, -0.2) is 9.11 Å². The van der Waals surface area contributed by atoms with Crippen molar-refractivity contribution in [2.24, 2.45) is 0 Å². The summed E-state index contributed by atoms with van der Waals surface area (Å²) in [6.45, 7) is 3.49. The zero-order valence-corrected chi connectivity index (χ0v) is 10.2. The van der Waals surface area contributed by atoms with E-state index in [1.807, 2.05) is 0 Å². The molecule has 0 heterocycles. The van der Waals surface area contributed by atoms with Crippen LogP contribution < -0.4 is 9.46 Å². The van der Waals surface area contributed by atoms with Crippen LogP contribution in [0.25, 0.3) is 0 Å². The summed E-state index contributed by atoms with van der Waals surface area (Å²) in [6.07, 6.45) is 0.805. The Morgan fingerprint density at radius 2 is 2.19 bits per heavy atom. The third-order valence-electron chi connectivity index (χ3n) is 1.85. The topological polar surface area (TPSA) is 38.3 Å². The number of methoxy groups -OCH3 is 1. The summed E-state index contributed by atoms with van der Waals surface area (Å²) < 4.78 is 21.1. The summed E-state index contributed by atoms with van der Waals surface area (Å²) in [4.78, 5) is 11.3. The van der Waals surface area contributed by atoms with Gasteiger partial charge in [0.15, 0.2) is 11.6 Å². The molecule has 1 aromatic carbocycles. The van der Waals surface area contributed by atoms with E-state index in [0.717, 1.165) is 6.29 Å². The first-order valence-corrected chi connectivity index (χ1v) is 5.54. The van der Waals surface area contributed by atoms with Gasteiger partial charge in [0.2, 0.25) is 0 Å². The molecule has 0 amide bonds. The fourth-order valence-electron chi connectivity index (χ4n) is 0.925. The molecule has 5 heteroatoms. The number of halogens is 1. The third-order valence-corrected chi connectivity index (χ3v) is 2.97. The number of carbonyl (C=O) groups excluding carboxylic acids is 1. The van der Waals surface area contributed by atoms with Crippen molar-refractivity contribution in [3.05, 3.63) is 24.0 Å². The Kier molecular flexibility index (Phi) is 4.32. The maximum Gasteiger partial charge on any atom is 0.166 e. The molecular weight excluding hydrogens is 229 g/mol. The van der Waals surface area contributed by atoms with E-state index in [-0.39, 0.29) is 5.75 Å². The van der Waals surface area contributed by atoms with Crippen molar-refractivity contribution in [3.8, 4) is 5.75 Å². The van der Waals surface area contributed by atoms with Gasteiger partial charge in [0.25, 0.3) is 0 Å². The molecule has 0 unspecified atom stereocenters. The molecule has 0 radical (unpaired) electrons. The van der Waals surface area contributed by atoms with E-state index in [0.29, 0.717) is 4.90 Å². The fraction of sp³-hybridized carbons (Fsp3) is 0.364. The van der Waals surface area contributed by atoms with Crippen LogP contribution in [0.15, 0.2) is 23.1 Å². The number of carbonyl (C=O) groups is 1. The van der Waals surface area contributed by atoms with Crippen LogP contribution in [0.5, 0.6) is 5.75 Å². The first-order chi connectivity index (χ1) is 7.48. The van der Waals surface area contributed by atoms with Crippen LogP contribution in [0, 0.1) is 5.82 Å². The molecule has 0 aliphatic heterocycles. The average molecular weight is 243 g/mol. The number of rotatable bonds is 5. The van der Waals surface area contributed by atoms with E-state index in [1.54, 1.807) is 26.0 Å². The Labute approximate surface area is 98.5 Å². The third kappa shape index (κ3) is 3.50. The van der Waals surface area contributed by atoms with E-state index in [9.17, 15) is 9.18 Å². The number of ether oxygens (including phenoxy) is 1. The highest BCUT2D eigenvalue weighted by atomic mass is 32.2. The molecule has 3 nitrogen and oxygen atoms in total. The van der Waals surface area contributed by atoms with Crippen molar-refractivity contribution in [3.63, 3.8) is 0 Å². The molecule has 0 bridgehead atoms. The highest BCUT2D eigenvalue weighted by Crippen LogP contribution is 2.24. The normalized spacial score (nSPS) is 11.2. The Hall–Kier alpha value is -1.07. The Balaban J connectivity index is 2.69. The van der Waals surface area contributed by atoms with Crippen molar-refractivity contribution in [1.82, 2.24) is 4.72 Å². The number of benzene rings is 1. The lowest BCUT2D eigenvalue weighted by molar-refractivity contribution is -0.111. The predicted octanol–water partition coefficient (Wildman–Crippen LogP) is 2.41. The SMILES string of the molecule is COc1ccc(SNC(C)(C)C=O)cc1F. The summed E-state index contributed by atoms with van der Waals surface area (Å²) >= 11 is 1.21. The number of nitrogens with one attached hydrogen (secondary N) is 1. The molecule has 0 atom stereocenters. The lowest BCUT2D eigenvalue weighted by Gasteiger charge is -2.17. The Bertz CT molecular complexity index is 382. The summed E-state index contributed by atoms with van der Waals surface area (Å²) in [5.41, 5.74) is -0.638. The highest BCUT2D eigenvalue weighted by Gasteiger charge is 2.16. The molecule has 0 aromatic heterocycles. The molecule has 1 N–H and O–H groups in total. The fourth-order valence-corrected chi connectivity index (χ4v) is 1.65. The van der Waals surface area contributed by atoms with Gasteiger partial charge in [-0.3, -0.25) is 0 Å². The van der Waals surface area contributed by atoms with Crippen molar-refractivity contribution in [2.45, 2.75) is 24.3 Å². The van der Waals surface area contributed by atoms with Gasteiger partial charge < -0.3 is 9.53 Å². The summed E-state index contributed by atoms with van der Waals surface area (Å²) in [5, 5.41) is 0. The minimum absolute atomic E-state index is 0.207. The van der Waals surface area contributed by atoms with Crippen molar-refractivity contribution >= 4 is 18.2 Å². The van der Waals surface area contributed by atoms with Crippen LogP contribution in [-0.2, 0) is 4.79 Å². The summed E-state index contributed by atoms with van der Waals surface area (Å²) in [6, 6.07) is 4.63. The molecule has 0 aliphatic rings. The van der Waals surface area contributed by atoms with Gasteiger partial charge in [0, 0.05) is 4.90 Å². The molecule has 0 fully saturated rings. The van der Waals surface area contributed by atoms with Crippen molar-refractivity contribution in [2.75, 3.05) is 7.11 Å². The maximum absolute atomic E-state index is 13.3. The molecule has 0 saturated carbocycles. The number of hydrogen-bond acceptors (Lipinski definition) is 4. The molecule has 16 heavy (non-hydrogen) atoms. The van der Waals surface area contributed by atoms with E-state index in [1.165, 1.54) is 25.1 Å². The lowest BCUT2D eigenvalue weighted by atomic mass is 10.1. The second-order valence-electron chi connectivity index (χ2n) is 3.84. The van der Waals surface area contributed by atoms with Gasteiger partial charge in [0.05, 0.1) is 12.6 Å². The zero-order valence-electron chi connectivity index (χ0n) is 9.41. The first kappa shape index (κ1) is 13.0. The van der Waals surface area contributed by atoms with Crippen LogP contribution in [0.1, 0.15) is 13.8 Å². The minimum Gasteiger partial charge on any atom is -0.494 e. The monoisotopic (exact) mass is 243 g/mol. The van der Waals surface area contributed by atoms with E-state index < -0.39 is 11.4 Å². The van der Waals surface area contributed by atoms with Crippen molar-refractivity contribution in [1.29, 1.82) is 0 Å². The molecule has 0 saturated heterocycles. The van der Waals surface area contributed by atoms with E-state index >= 15 is 0 Å². The second kappa shape index (κ2) is 5.32. The molecule has 88 valence electrons. The van der Waals surface area contributed by atoms with Crippen LogP contribution in [0.2, 0.25) is 0 Å². The van der Waals surface area contributed by atoms with Crippen molar-refractivity contribution < 1.29 is 13.9 Å². The minimum atomic E-state index is -0.638. The zero-order chi connectivity index (χ0) is 12.2. The van der Waals surface area contributed by atoms with Gasteiger partial charge in [0.1, 0.15) is 6.29 Å². The van der Waals surface area contributed by atoms with Crippen LogP contribution >= 0.6 is 11.9 Å². The van der Waals surface area contributed by atoms with Crippen LogP contribution in [-0.4, -0.2) is 18.9 Å². The molecule has 0 aliphatic carbocycles. The predicted molar refractivity (Wildman–Crippen MR) is 62.1 cm³/mol. The van der Waals surface area contributed by atoms with E-state index in [4.69, 9.17) is 4.74 Å². The van der Waals surface area contributed by atoms with Gasteiger partial charge >= 0.3 is 0 Å². The van der Waals surface area contributed by atoms with Gasteiger partial charge in [-0.15, -0.1) is 0 Å². The molecular formula is C11H14FNO2S. The standard InChI is InChI=1S/C11H14FNO2S/c1-11(2,7-14)13-16-8-4-5-10(15-3)9(12)6-8/h4-7,13H,1-3H3. The van der Waals surface area contributed by atoms with Gasteiger partial charge in [-0.1, -0.05) is 0 Å². The molecule has 0 spiro atoms. The Morgan fingerprint density at radius 3 is 2.69 bits per heavy atom.